The molecule has 0 saturated heterocycles. The van der Waals surface area contributed by atoms with Crippen molar-refractivity contribution < 1.29 is 9.90 Å². The van der Waals surface area contributed by atoms with Gasteiger partial charge in [-0.05, 0) is 18.6 Å². The van der Waals surface area contributed by atoms with Crippen molar-refractivity contribution in [2.75, 3.05) is 5.75 Å². The molecule has 1 aromatic rings. The molecule has 0 bridgehead atoms. The molecule has 3 nitrogen and oxygen atoms in total. The van der Waals surface area contributed by atoms with Crippen molar-refractivity contribution in [2.45, 2.75) is 11.9 Å². The van der Waals surface area contributed by atoms with E-state index in [0.717, 1.165) is 10.6 Å². The molecular weight excluding hydrogens is 174 g/mol. The van der Waals surface area contributed by atoms with E-state index in [1.54, 1.807) is 6.20 Å². The van der Waals surface area contributed by atoms with E-state index in [2.05, 4.69) is 4.98 Å². The van der Waals surface area contributed by atoms with Crippen molar-refractivity contribution in [3.05, 3.63) is 23.9 Å². The number of hydrogen-bond acceptors (Lipinski definition) is 3. The molecule has 1 N–H and O–H groups in total. The fourth-order valence-electron chi connectivity index (χ4n) is 0.752. The minimum atomic E-state index is -0.815. The number of rotatable bonds is 3. The quantitative estimate of drug-likeness (QED) is 0.722. The number of carbonyl (C=O) groups is 1. The Morgan fingerprint density at radius 2 is 2.50 bits per heavy atom. The van der Waals surface area contributed by atoms with Gasteiger partial charge in [0.05, 0.1) is 10.8 Å². The number of aryl methyl sites for hydroxylation is 1. The highest BCUT2D eigenvalue weighted by Gasteiger charge is 2.02. The third-order valence-corrected chi connectivity index (χ3v) is 2.39. The second kappa shape index (κ2) is 4.11. The molecule has 0 atom stereocenters. The van der Waals surface area contributed by atoms with Gasteiger partial charge in [-0.3, -0.25) is 4.79 Å². The number of carboxylic acids is 1. The first kappa shape index (κ1) is 9.06. The maximum atomic E-state index is 10.2. The lowest BCUT2D eigenvalue weighted by Crippen LogP contribution is -1.98. The molecule has 64 valence electrons. The summed E-state index contributed by atoms with van der Waals surface area (Å²) in [6.07, 6.45) is 1.66. The first-order valence-corrected chi connectivity index (χ1v) is 4.45. The zero-order valence-corrected chi connectivity index (χ0v) is 7.47. The Hall–Kier alpha value is -1.03. The van der Waals surface area contributed by atoms with Crippen LogP contribution in [0.4, 0.5) is 0 Å². The summed E-state index contributed by atoms with van der Waals surface area (Å²) in [5.41, 5.74) is 1.02. The number of hydrogen-bond donors (Lipinski definition) is 1. The molecule has 0 saturated carbocycles. The number of nitrogens with zero attached hydrogens (tertiary/aromatic N) is 1. The van der Waals surface area contributed by atoms with Gasteiger partial charge in [0.25, 0.3) is 0 Å². The zero-order valence-electron chi connectivity index (χ0n) is 6.65. The van der Waals surface area contributed by atoms with Crippen LogP contribution >= 0.6 is 11.8 Å². The summed E-state index contributed by atoms with van der Waals surface area (Å²) in [7, 11) is 0. The molecule has 1 rings (SSSR count). The van der Waals surface area contributed by atoms with E-state index in [9.17, 15) is 4.79 Å². The van der Waals surface area contributed by atoms with Gasteiger partial charge in [0.1, 0.15) is 0 Å². The minimum absolute atomic E-state index is 0.0673. The van der Waals surface area contributed by atoms with Gasteiger partial charge < -0.3 is 5.11 Å². The molecular formula is C8H9NO2S. The Labute approximate surface area is 74.8 Å². The summed E-state index contributed by atoms with van der Waals surface area (Å²) in [6, 6.07) is 3.75. The average Bonchev–Trinajstić information content (AvgIpc) is 2.03. The van der Waals surface area contributed by atoms with Crippen LogP contribution in [0.3, 0.4) is 0 Å². The van der Waals surface area contributed by atoms with Crippen LogP contribution in [0.2, 0.25) is 0 Å². The molecule has 0 aliphatic rings. The smallest absolute Gasteiger partial charge is 0.313 e. The third-order valence-electron chi connectivity index (χ3n) is 1.29. The van der Waals surface area contributed by atoms with Crippen molar-refractivity contribution in [1.82, 2.24) is 4.98 Å². The van der Waals surface area contributed by atoms with Gasteiger partial charge in [0, 0.05) is 6.20 Å². The summed E-state index contributed by atoms with van der Waals surface area (Å²) in [6.45, 7) is 1.91. The summed E-state index contributed by atoms with van der Waals surface area (Å²) < 4.78 is 0. The number of carboxylic acid groups (broad SMARTS) is 1. The van der Waals surface area contributed by atoms with Gasteiger partial charge in [-0.2, -0.15) is 0 Å². The van der Waals surface area contributed by atoms with E-state index in [0.29, 0.717) is 0 Å². The molecule has 0 amide bonds. The van der Waals surface area contributed by atoms with Gasteiger partial charge in [-0.25, -0.2) is 4.98 Å². The van der Waals surface area contributed by atoms with E-state index in [-0.39, 0.29) is 5.75 Å². The van der Waals surface area contributed by atoms with Gasteiger partial charge in [-0.1, -0.05) is 17.8 Å². The molecule has 4 heteroatoms. The van der Waals surface area contributed by atoms with Gasteiger partial charge in [0.2, 0.25) is 0 Å². The average molecular weight is 183 g/mol. The molecule has 12 heavy (non-hydrogen) atoms. The van der Waals surface area contributed by atoms with Crippen LogP contribution in [0.15, 0.2) is 23.4 Å². The standard InChI is InChI=1S/C8H9NO2S/c1-6-3-2-4-9-8(6)12-5-7(10)11/h2-4H,5H2,1H3,(H,10,11). The fourth-order valence-corrected chi connectivity index (χ4v) is 1.44. The Morgan fingerprint density at radius 3 is 3.08 bits per heavy atom. The second-order valence-electron chi connectivity index (χ2n) is 2.31. The van der Waals surface area contributed by atoms with Gasteiger partial charge >= 0.3 is 5.97 Å². The summed E-state index contributed by atoms with van der Waals surface area (Å²) in [4.78, 5) is 14.3. The Bertz CT molecular complexity index is 288. The zero-order chi connectivity index (χ0) is 8.97. The fraction of sp³-hybridized carbons (Fsp3) is 0.250. The molecule has 0 unspecified atom stereocenters. The number of thioether (sulfide) groups is 1. The second-order valence-corrected chi connectivity index (χ2v) is 3.27. The van der Waals surface area contributed by atoms with Crippen LogP contribution in [0.25, 0.3) is 0 Å². The lowest BCUT2D eigenvalue weighted by molar-refractivity contribution is -0.133. The largest absolute Gasteiger partial charge is 0.481 e. The number of aliphatic carboxylic acids is 1. The topological polar surface area (TPSA) is 50.2 Å². The van der Waals surface area contributed by atoms with Crippen molar-refractivity contribution in [3.63, 3.8) is 0 Å². The van der Waals surface area contributed by atoms with E-state index in [1.165, 1.54) is 11.8 Å². The van der Waals surface area contributed by atoms with Crippen LogP contribution in [0.1, 0.15) is 5.56 Å². The van der Waals surface area contributed by atoms with Crippen LogP contribution < -0.4 is 0 Å². The van der Waals surface area contributed by atoms with E-state index in [1.807, 2.05) is 19.1 Å². The van der Waals surface area contributed by atoms with E-state index in [4.69, 9.17) is 5.11 Å². The summed E-state index contributed by atoms with van der Waals surface area (Å²) in [5.74, 6) is -0.747. The first-order valence-electron chi connectivity index (χ1n) is 3.46. The molecule has 0 radical (unpaired) electrons. The highest BCUT2D eigenvalue weighted by Crippen LogP contribution is 2.18. The predicted octanol–water partition coefficient (Wildman–Crippen LogP) is 1.57. The van der Waals surface area contributed by atoms with E-state index >= 15 is 0 Å². The van der Waals surface area contributed by atoms with Crippen LogP contribution in [-0.2, 0) is 4.79 Å². The van der Waals surface area contributed by atoms with Crippen molar-refractivity contribution in [3.8, 4) is 0 Å². The van der Waals surface area contributed by atoms with Gasteiger partial charge in [-0.15, -0.1) is 0 Å². The predicted molar refractivity (Wildman–Crippen MR) is 47.3 cm³/mol. The molecule has 0 aliphatic carbocycles. The van der Waals surface area contributed by atoms with Gasteiger partial charge in [0.15, 0.2) is 0 Å². The molecule has 0 aromatic carbocycles. The maximum Gasteiger partial charge on any atom is 0.313 e. The molecule has 1 heterocycles. The van der Waals surface area contributed by atoms with Crippen molar-refractivity contribution in [2.24, 2.45) is 0 Å². The normalized spacial score (nSPS) is 9.75. The number of pyridine rings is 1. The molecule has 1 aromatic heterocycles. The first-order chi connectivity index (χ1) is 5.70. The highest BCUT2D eigenvalue weighted by atomic mass is 32.2. The number of aromatic nitrogens is 1. The lowest BCUT2D eigenvalue weighted by Gasteiger charge is -2.00. The summed E-state index contributed by atoms with van der Waals surface area (Å²) in [5, 5.41) is 9.21. The summed E-state index contributed by atoms with van der Waals surface area (Å²) >= 11 is 1.24. The van der Waals surface area contributed by atoms with Crippen molar-refractivity contribution >= 4 is 17.7 Å². The van der Waals surface area contributed by atoms with Crippen molar-refractivity contribution in [1.29, 1.82) is 0 Å². The van der Waals surface area contributed by atoms with Crippen LogP contribution in [-0.4, -0.2) is 21.8 Å². The maximum absolute atomic E-state index is 10.2. The minimum Gasteiger partial charge on any atom is -0.481 e. The highest BCUT2D eigenvalue weighted by molar-refractivity contribution is 7.99. The lowest BCUT2D eigenvalue weighted by atomic mass is 10.3. The SMILES string of the molecule is Cc1cccnc1SCC(=O)O. The molecule has 0 aliphatic heterocycles. The third kappa shape index (κ3) is 2.54. The van der Waals surface area contributed by atoms with E-state index < -0.39 is 5.97 Å². The van der Waals surface area contributed by atoms with Crippen LogP contribution in [0, 0.1) is 6.92 Å². The Morgan fingerprint density at radius 1 is 1.75 bits per heavy atom. The molecule has 0 fully saturated rings. The Balaban J connectivity index is 2.63. The van der Waals surface area contributed by atoms with Crippen LogP contribution in [0.5, 0.6) is 0 Å². The molecule has 0 spiro atoms. The monoisotopic (exact) mass is 183 g/mol. The Kier molecular flexibility index (Phi) is 3.10.